The number of carbonyl (C=O) groups is 2. The number of nitrogens with zero attached hydrogens (tertiary/aromatic N) is 3. The molecule has 2 rings (SSSR count). The molecule has 1 N–H and O–H groups in total. The van der Waals surface area contributed by atoms with E-state index in [-0.39, 0.29) is 17.3 Å². The molecule has 1 amide bonds. The van der Waals surface area contributed by atoms with Crippen LogP contribution in [0.15, 0.2) is 12.4 Å². The Hall–Kier alpha value is -1.98. The third-order valence-electron chi connectivity index (χ3n) is 3.26. The first-order chi connectivity index (χ1) is 8.99. The average molecular weight is 263 g/mol. The van der Waals surface area contributed by atoms with Crippen molar-refractivity contribution in [1.29, 1.82) is 0 Å². The molecule has 6 heteroatoms. The topological polar surface area (TPSA) is 83.4 Å². The Bertz CT molecular complexity index is 494. The second-order valence-electron chi connectivity index (χ2n) is 5.21. The van der Waals surface area contributed by atoms with Crippen molar-refractivity contribution in [3.8, 4) is 0 Å². The van der Waals surface area contributed by atoms with Crippen LogP contribution >= 0.6 is 0 Å². The van der Waals surface area contributed by atoms with Gasteiger partial charge in [-0.1, -0.05) is 13.8 Å². The van der Waals surface area contributed by atoms with Crippen molar-refractivity contribution in [1.82, 2.24) is 14.9 Å². The van der Waals surface area contributed by atoms with Crippen LogP contribution in [0.2, 0.25) is 0 Å². The first-order valence-corrected chi connectivity index (χ1v) is 6.32. The molecular weight excluding hydrogens is 246 g/mol. The molecule has 0 aliphatic carbocycles. The summed E-state index contributed by atoms with van der Waals surface area (Å²) in [5.74, 6) is -0.742. The summed E-state index contributed by atoms with van der Waals surface area (Å²) in [5.41, 5.74) is -0.352. The fourth-order valence-electron chi connectivity index (χ4n) is 2.63. The Kier molecular flexibility index (Phi) is 3.78. The zero-order valence-corrected chi connectivity index (χ0v) is 11.0. The molecule has 1 fully saturated rings. The normalized spacial score (nSPS) is 23.2. The molecule has 19 heavy (non-hydrogen) atoms. The second-order valence-corrected chi connectivity index (χ2v) is 5.21. The molecule has 0 aromatic carbocycles. The Morgan fingerprint density at radius 2 is 1.68 bits per heavy atom. The van der Waals surface area contributed by atoms with Gasteiger partial charge < -0.3 is 10.0 Å². The Morgan fingerprint density at radius 1 is 1.16 bits per heavy atom. The molecule has 0 saturated carbocycles. The maximum atomic E-state index is 12.4. The third-order valence-corrected chi connectivity index (χ3v) is 3.26. The molecule has 1 aromatic rings. The number of piperidine rings is 1. The van der Waals surface area contributed by atoms with E-state index in [4.69, 9.17) is 5.11 Å². The van der Waals surface area contributed by atoms with Crippen molar-refractivity contribution in [2.45, 2.75) is 20.3 Å². The average Bonchev–Trinajstić information content (AvgIpc) is 2.36. The predicted octanol–water partition coefficient (Wildman–Crippen LogP) is 1.29. The van der Waals surface area contributed by atoms with Crippen LogP contribution < -0.4 is 0 Å². The summed E-state index contributed by atoms with van der Waals surface area (Å²) < 4.78 is 0. The van der Waals surface area contributed by atoms with E-state index in [9.17, 15) is 9.59 Å². The molecule has 0 bridgehead atoms. The summed E-state index contributed by atoms with van der Waals surface area (Å²) in [6.07, 6.45) is 3.70. The largest absolute Gasteiger partial charge is 0.476 e. The summed E-state index contributed by atoms with van der Waals surface area (Å²) in [4.78, 5) is 32.7. The van der Waals surface area contributed by atoms with E-state index in [1.165, 1.54) is 12.4 Å². The van der Waals surface area contributed by atoms with Gasteiger partial charge in [0.05, 0.1) is 0 Å². The highest BCUT2D eigenvalue weighted by Crippen LogP contribution is 2.22. The van der Waals surface area contributed by atoms with E-state index in [1.807, 2.05) is 0 Å². The number of rotatable bonds is 2. The number of hydrogen-bond acceptors (Lipinski definition) is 4. The molecule has 2 heterocycles. The first-order valence-electron chi connectivity index (χ1n) is 6.32. The van der Waals surface area contributed by atoms with Crippen molar-refractivity contribution >= 4 is 11.9 Å². The maximum Gasteiger partial charge on any atom is 0.356 e. The number of aromatic carboxylic acids is 1. The van der Waals surface area contributed by atoms with Gasteiger partial charge in [-0.3, -0.25) is 4.79 Å². The zero-order chi connectivity index (χ0) is 14.0. The lowest BCUT2D eigenvalue weighted by atomic mass is 9.91. The molecule has 102 valence electrons. The highest BCUT2D eigenvalue weighted by molar-refractivity contribution is 6.02. The lowest BCUT2D eigenvalue weighted by molar-refractivity contribution is 0.0595. The fraction of sp³-hybridized carbons (Fsp3) is 0.538. The van der Waals surface area contributed by atoms with Crippen LogP contribution in [0.5, 0.6) is 0 Å². The number of likely N-dealkylation sites (tertiary alicyclic amines) is 1. The lowest BCUT2D eigenvalue weighted by Gasteiger charge is -2.34. The van der Waals surface area contributed by atoms with Gasteiger partial charge in [-0.2, -0.15) is 0 Å². The van der Waals surface area contributed by atoms with Crippen LogP contribution in [-0.2, 0) is 0 Å². The summed E-state index contributed by atoms with van der Waals surface area (Å²) in [6, 6.07) is 0. The van der Waals surface area contributed by atoms with Gasteiger partial charge in [-0.15, -0.1) is 0 Å². The molecule has 1 aliphatic rings. The monoisotopic (exact) mass is 263 g/mol. The molecule has 2 atom stereocenters. The van der Waals surface area contributed by atoms with Crippen molar-refractivity contribution in [3.63, 3.8) is 0 Å². The van der Waals surface area contributed by atoms with E-state index in [0.717, 1.165) is 6.42 Å². The van der Waals surface area contributed by atoms with Gasteiger partial charge in [0, 0.05) is 25.5 Å². The van der Waals surface area contributed by atoms with Gasteiger partial charge in [0.15, 0.2) is 11.4 Å². The standard InChI is InChI=1S/C13H17N3O3/c1-8-5-9(2)7-16(6-8)12(17)10-11(13(18)19)15-4-3-14-10/h3-4,8-9H,5-7H2,1-2H3,(H,18,19). The van der Waals surface area contributed by atoms with Crippen LogP contribution in [0.4, 0.5) is 0 Å². The zero-order valence-electron chi connectivity index (χ0n) is 11.0. The Balaban J connectivity index is 2.27. The number of carbonyl (C=O) groups excluding carboxylic acids is 1. The Morgan fingerprint density at radius 3 is 2.21 bits per heavy atom. The smallest absolute Gasteiger partial charge is 0.356 e. The summed E-state index contributed by atoms with van der Waals surface area (Å²) in [6.45, 7) is 5.45. The van der Waals surface area contributed by atoms with Gasteiger partial charge in [0.25, 0.3) is 5.91 Å². The molecule has 0 radical (unpaired) electrons. The van der Waals surface area contributed by atoms with Crippen LogP contribution in [-0.4, -0.2) is 44.9 Å². The highest BCUT2D eigenvalue weighted by atomic mass is 16.4. The Labute approximate surface area is 111 Å². The molecule has 0 spiro atoms. The number of hydrogen-bond donors (Lipinski definition) is 1. The van der Waals surface area contributed by atoms with Crippen LogP contribution in [0.3, 0.4) is 0 Å². The number of carboxylic acids is 1. The number of aromatic nitrogens is 2. The summed E-state index contributed by atoms with van der Waals surface area (Å²) in [5, 5.41) is 9.04. The van der Waals surface area contributed by atoms with Crippen molar-refractivity contribution in [2.75, 3.05) is 13.1 Å². The molecular formula is C13H17N3O3. The summed E-state index contributed by atoms with van der Waals surface area (Å²) in [7, 11) is 0. The SMILES string of the molecule is CC1CC(C)CN(C(=O)c2nccnc2C(=O)O)C1. The van der Waals surface area contributed by atoms with Crippen LogP contribution in [0.25, 0.3) is 0 Å². The van der Waals surface area contributed by atoms with E-state index in [0.29, 0.717) is 24.9 Å². The minimum Gasteiger partial charge on any atom is -0.476 e. The van der Waals surface area contributed by atoms with E-state index in [1.54, 1.807) is 4.90 Å². The highest BCUT2D eigenvalue weighted by Gasteiger charge is 2.29. The maximum absolute atomic E-state index is 12.4. The van der Waals surface area contributed by atoms with Crippen molar-refractivity contribution in [2.24, 2.45) is 11.8 Å². The third kappa shape index (κ3) is 2.89. The van der Waals surface area contributed by atoms with Gasteiger partial charge in [-0.05, 0) is 18.3 Å². The fourth-order valence-corrected chi connectivity index (χ4v) is 2.63. The quantitative estimate of drug-likeness (QED) is 0.869. The molecule has 6 nitrogen and oxygen atoms in total. The van der Waals surface area contributed by atoms with Gasteiger partial charge in [0.1, 0.15) is 0 Å². The van der Waals surface area contributed by atoms with E-state index in [2.05, 4.69) is 23.8 Å². The number of carboxylic acid groups (broad SMARTS) is 1. The second kappa shape index (κ2) is 5.34. The molecule has 2 unspecified atom stereocenters. The lowest BCUT2D eigenvalue weighted by Crippen LogP contribution is -2.43. The predicted molar refractivity (Wildman–Crippen MR) is 67.8 cm³/mol. The van der Waals surface area contributed by atoms with Gasteiger partial charge in [-0.25, -0.2) is 14.8 Å². The van der Waals surface area contributed by atoms with Crippen molar-refractivity contribution in [3.05, 3.63) is 23.8 Å². The van der Waals surface area contributed by atoms with Gasteiger partial charge >= 0.3 is 5.97 Å². The first kappa shape index (κ1) is 13.5. The van der Waals surface area contributed by atoms with Gasteiger partial charge in [0.2, 0.25) is 0 Å². The molecule has 1 saturated heterocycles. The minimum absolute atomic E-state index is 0.0729. The van der Waals surface area contributed by atoms with E-state index < -0.39 is 5.97 Å². The van der Waals surface area contributed by atoms with Crippen LogP contribution in [0, 0.1) is 11.8 Å². The molecule has 1 aliphatic heterocycles. The number of amides is 1. The van der Waals surface area contributed by atoms with Crippen molar-refractivity contribution < 1.29 is 14.7 Å². The summed E-state index contributed by atoms with van der Waals surface area (Å²) >= 11 is 0. The minimum atomic E-state index is -1.23. The molecule has 1 aromatic heterocycles. The van der Waals surface area contributed by atoms with E-state index >= 15 is 0 Å². The van der Waals surface area contributed by atoms with Crippen LogP contribution in [0.1, 0.15) is 41.2 Å².